The van der Waals surface area contributed by atoms with Crippen molar-refractivity contribution in [2.75, 3.05) is 25.4 Å². The van der Waals surface area contributed by atoms with E-state index in [9.17, 15) is 14.7 Å². The summed E-state index contributed by atoms with van der Waals surface area (Å²) >= 11 is 0. The van der Waals surface area contributed by atoms with Crippen LogP contribution in [0.5, 0.6) is 0 Å². The predicted molar refractivity (Wildman–Crippen MR) is 123 cm³/mol. The number of nitrogen functional groups attached to an aromatic ring is 1. The third-order valence-electron chi connectivity index (χ3n) is 7.04. The summed E-state index contributed by atoms with van der Waals surface area (Å²) in [5.41, 5.74) is 8.99. The molecule has 2 aromatic heterocycles. The number of likely N-dealkylation sites (tertiary alicyclic amines) is 2. The minimum atomic E-state index is -0.630. The molecule has 0 aliphatic carbocycles. The first-order valence-corrected chi connectivity index (χ1v) is 11.3. The average Bonchev–Trinajstić information content (AvgIpc) is 3.32. The van der Waals surface area contributed by atoms with Crippen molar-refractivity contribution < 1.29 is 14.7 Å². The van der Waals surface area contributed by atoms with E-state index in [2.05, 4.69) is 10.1 Å². The number of hydrogen-bond acceptors (Lipinski definition) is 6. The Morgan fingerprint density at radius 1 is 1.18 bits per heavy atom. The van der Waals surface area contributed by atoms with Crippen molar-refractivity contribution in [2.45, 2.75) is 38.3 Å². The standard InChI is InChI=1S/C24H28N6O3/c1-14-10-21-26-11-17(23(25)30(21)27-14)24(33)28-9-8-20(32)22-18(16-6-4-3-5-7-16)12-29(15(2)31)19(22)13-28/h3-7,10-11,18-20,22,32H,8-9,12-13,25H2,1-2H3/t18-,19+,20+,22-/m0/s1. The maximum Gasteiger partial charge on any atom is 0.259 e. The van der Waals surface area contributed by atoms with E-state index in [-0.39, 0.29) is 41.1 Å². The summed E-state index contributed by atoms with van der Waals surface area (Å²) in [5.74, 6) is -0.230. The van der Waals surface area contributed by atoms with Gasteiger partial charge in [0.25, 0.3) is 5.91 Å². The molecule has 2 aliphatic rings. The van der Waals surface area contributed by atoms with E-state index in [0.29, 0.717) is 31.7 Å². The first kappa shape index (κ1) is 21.4. The van der Waals surface area contributed by atoms with Gasteiger partial charge in [-0.05, 0) is 18.9 Å². The molecule has 9 nitrogen and oxygen atoms in total. The summed E-state index contributed by atoms with van der Waals surface area (Å²) in [6.45, 7) is 4.61. The molecule has 1 aromatic carbocycles. The SMILES string of the molecule is CC(=O)N1C[C@@H](c2ccccc2)[C@@H]2[C@H](O)CCN(C(=O)c3cnc4cc(C)nn4c3N)C[C@H]21. The number of aliphatic hydroxyl groups excluding tert-OH is 1. The van der Waals surface area contributed by atoms with E-state index < -0.39 is 6.10 Å². The Hall–Kier alpha value is -3.46. The van der Waals surface area contributed by atoms with Crippen LogP contribution in [-0.2, 0) is 4.79 Å². The molecular formula is C24H28N6O3. The number of benzene rings is 1. The first-order chi connectivity index (χ1) is 15.8. The number of aliphatic hydroxyl groups is 1. The monoisotopic (exact) mass is 448 g/mol. The fourth-order valence-corrected chi connectivity index (χ4v) is 5.46. The lowest BCUT2D eigenvalue weighted by atomic mass is 9.81. The third kappa shape index (κ3) is 3.62. The average molecular weight is 449 g/mol. The van der Waals surface area contributed by atoms with Crippen molar-refractivity contribution in [1.82, 2.24) is 24.4 Å². The second kappa shape index (κ2) is 8.15. The van der Waals surface area contributed by atoms with Crippen LogP contribution in [0.1, 0.15) is 40.9 Å². The fraction of sp³-hybridized carbons (Fsp3) is 0.417. The Kier molecular flexibility index (Phi) is 5.28. The number of amides is 2. The number of fused-ring (bicyclic) bond motifs is 2. The van der Waals surface area contributed by atoms with Crippen LogP contribution in [0, 0.1) is 12.8 Å². The number of aromatic nitrogens is 3. The molecule has 0 bridgehead atoms. The lowest BCUT2D eigenvalue weighted by Crippen LogP contribution is -2.46. The summed E-state index contributed by atoms with van der Waals surface area (Å²) in [7, 11) is 0. The van der Waals surface area contributed by atoms with E-state index in [4.69, 9.17) is 5.73 Å². The predicted octanol–water partition coefficient (Wildman–Crippen LogP) is 1.46. The molecule has 0 spiro atoms. The number of aryl methyl sites for hydroxylation is 1. The number of nitrogens with zero attached hydrogens (tertiary/aromatic N) is 5. The van der Waals surface area contributed by atoms with Crippen molar-refractivity contribution in [2.24, 2.45) is 5.92 Å². The molecule has 0 unspecified atom stereocenters. The number of nitrogens with two attached hydrogens (primary N) is 1. The Labute approximate surface area is 191 Å². The summed E-state index contributed by atoms with van der Waals surface area (Å²) in [6.07, 6.45) is 1.28. The van der Waals surface area contributed by atoms with Gasteiger partial charge in [0.1, 0.15) is 11.4 Å². The molecule has 0 radical (unpaired) electrons. The smallest absolute Gasteiger partial charge is 0.259 e. The van der Waals surface area contributed by atoms with E-state index in [1.807, 2.05) is 37.3 Å². The van der Waals surface area contributed by atoms with E-state index in [1.54, 1.807) is 22.8 Å². The van der Waals surface area contributed by atoms with Crippen molar-refractivity contribution in [1.29, 1.82) is 0 Å². The van der Waals surface area contributed by atoms with Gasteiger partial charge >= 0.3 is 0 Å². The molecule has 2 saturated heterocycles. The van der Waals surface area contributed by atoms with Gasteiger partial charge in [-0.3, -0.25) is 9.59 Å². The van der Waals surface area contributed by atoms with Crippen molar-refractivity contribution in [3.8, 4) is 0 Å². The Morgan fingerprint density at radius 3 is 2.67 bits per heavy atom. The molecule has 5 rings (SSSR count). The summed E-state index contributed by atoms with van der Waals surface area (Å²) in [5, 5.41) is 15.5. The molecule has 4 heterocycles. The van der Waals surface area contributed by atoms with Crippen LogP contribution in [0.4, 0.5) is 5.82 Å². The zero-order valence-electron chi connectivity index (χ0n) is 18.8. The molecular weight excluding hydrogens is 420 g/mol. The maximum absolute atomic E-state index is 13.5. The summed E-state index contributed by atoms with van der Waals surface area (Å²) in [6, 6.07) is 11.5. The van der Waals surface area contributed by atoms with Crippen molar-refractivity contribution in [3.05, 3.63) is 59.4 Å². The molecule has 3 N–H and O–H groups in total. The van der Waals surface area contributed by atoms with Crippen LogP contribution in [0.25, 0.3) is 5.65 Å². The third-order valence-corrected chi connectivity index (χ3v) is 7.04. The lowest BCUT2D eigenvalue weighted by molar-refractivity contribution is -0.130. The minimum Gasteiger partial charge on any atom is -0.393 e. The van der Waals surface area contributed by atoms with Gasteiger partial charge in [-0.15, -0.1) is 0 Å². The van der Waals surface area contributed by atoms with Gasteiger partial charge in [-0.2, -0.15) is 9.61 Å². The van der Waals surface area contributed by atoms with Crippen LogP contribution in [0.15, 0.2) is 42.6 Å². The largest absolute Gasteiger partial charge is 0.393 e. The van der Waals surface area contributed by atoms with Crippen LogP contribution >= 0.6 is 0 Å². The number of anilines is 1. The maximum atomic E-state index is 13.5. The molecule has 4 atom stereocenters. The van der Waals surface area contributed by atoms with Crippen LogP contribution in [-0.4, -0.2) is 73.1 Å². The quantitative estimate of drug-likeness (QED) is 0.613. The van der Waals surface area contributed by atoms with Gasteiger partial charge in [0, 0.05) is 50.7 Å². The van der Waals surface area contributed by atoms with E-state index in [1.165, 1.54) is 10.7 Å². The Bertz CT molecular complexity index is 1210. The van der Waals surface area contributed by atoms with Gasteiger partial charge in [0.2, 0.25) is 5.91 Å². The van der Waals surface area contributed by atoms with Gasteiger partial charge in [-0.1, -0.05) is 30.3 Å². The molecule has 3 aromatic rings. The summed E-state index contributed by atoms with van der Waals surface area (Å²) in [4.78, 5) is 33.9. The normalized spacial score (nSPS) is 25.2. The highest BCUT2D eigenvalue weighted by atomic mass is 16.3. The Balaban J connectivity index is 1.48. The molecule has 2 fully saturated rings. The van der Waals surface area contributed by atoms with Crippen molar-refractivity contribution >= 4 is 23.3 Å². The highest BCUT2D eigenvalue weighted by molar-refractivity contribution is 5.98. The number of hydrogen-bond donors (Lipinski definition) is 2. The number of carbonyl (C=O) groups excluding carboxylic acids is 2. The molecule has 172 valence electrons. The van der Waals surface area contributed by atoms with Gasteiger partial charge in [0.05, 0.1) is 17.8 Å². The zero-order valence-corrected chi connectivity index (χ0v) is 18.8. The second-order valence-corrected chi connectivity index (χ2v) is 9.05. The Morgan fingerprint density at radius 2 is 1.94 bits per heavy atom. The topological polar surface area (TPSA) is 117 Å². The van der Waals surface area contributed by atoms with E-state index in [0.717, 1.165) is 11.3 Å². The van der Waals surface area contributed by atoms with Crippen molar-refractivity contribution in [3.63, 3.8) is 0 Å². The number of carbonyl (C=O) groups is 2. The van der Waals surface area contributed by atoms with Gasteiger partial charge in [-0.25, -0.2) is 4.98 Å². The first-order valence-electron chi connectivity index (χ1n) is 11.3. The zero-order chi connectivity index (χ0) is 23.3. The molecule has 2 aliphatic heterocycles. The highest BCUT2D eigenvalue weighted by Crippen LogP contribution is 2.42. The summed E-state index contributed by atoms with van der Waals surface area (Å²) < 4.78 is 1.47. The van der Waals surface area contributed by atoms with Crippen LogP contribution in [0.3, 0.4) is 0 Å². The highest BCUT2D eigenvalue weighted by Gasteiger charge is 2.49. The van der Waals surface area contributed by atoms with E-state index >= 15 is 0 Å². The number of rotatable bonds is 2. The fourth-order valence-electron chi connectivity index (χ4n) is 5.46. The molecule has 0 saturated carbocycles. The van der Waals surface area contributed by atoms with Crippen LogP contribution < -0.4 is 5.73 Å². The van der Waals surface area contributed by atoms with Gasteiger partial charge < -0.3 is 20.6 Å². The molecule has 2 amide bonds. The minimum absolute atomic E-state index is 0.0142. The van der Waals surface area contributed by atoms with Crippen LogP contribution in [0.2, 0.25) is 0 Å². The van der Waals surface area contributed by atoms with Gasteiger partial charge in [0.15, 0.2) is 5.65 Å². The molecule has 9 heteroatoms. The molecule has 33 heavy (non-hydrogen) atoms. The second-order valence-electron chi connectivity index (χ2n) is 9.05. The lowest BCUT2D eigenvalue weighted by Gasteiger charge is -2.31.